The van der Waals surface area contributed by atoms with Gasteiger partial charge in [0.05, 0.1) is 17.8 Å². The molecule has 0 atom stereocenters. The van der Waals surface area contributed by atoms with Crippen LogP contribution in [0.25, 0.3) is 0 Å². The lowest BCUT2D eigenvalue weighted by Crippen LogP contribution is -2.41. The van der Waals surface area contributed by atoms with Gasteiger partial charge in [0.15, 0.2) is 0 Å². The van der Waals surface area contributed by atoms with Crippen molar-refractivity contribution in [1.29, 1.82) is 0 Å². The molecule has 5 heteroatoms. The number of hydrogen-bond donors (Lipinski definition) is 0. The third-order valence-corrected chi connectivity index (χ3v) is 3.94. The van der Waals surface area contributed by atoms with Gasteiger partial charge in [-0.2, -0.15) is 0 Å². The van der Waals surface area contributed by atoms with E-state index in [2.05, 4.69) is 0 Å². The van der Waals surface area contributed by atoms with E-state index >= 15 is 0 Å². The van der Waals surface area contributed by atoms with Crippen LogP contribution < -0.4 is 10.2 Å². The highest BCUT2D eigenvalue weighted by Gasteiger charge is 2.52. The topological polar surface area (TPSA) is 27.7 Å². The predicted octanol–water partition coefficient (Wildman–Crippen LogP) is 2.91. The minimum absolute atomic E-state index is 0.323. The van der Waals surface area contributed by atoms with E-state index in [4.69, 9.17) is 14.0 Å². The number of rotatable bonds is 4. The average Bonchev–Trinajstić information content (AvgIpc) is 2.55. The van der Waals surface area contributed by atoms with Crippen molar-refractivity contribution in [1.82, 2.24) is 0 Å². The average molecular weight is 280 g/mol. The van der Waals surface area contributed by atoms with Gasteiger partial charge in [-0.25, -0.2) is 4.39 Å². The zero-order valence-electron chi connectivity index (χ0n) is 12.8. The van der Waals surface area contributed by atoms with Crippen LogP contribution >= 0.6 is 0 Å². The maximum Gasteiger partial charge on any atom is 0.498 e. The first kappa shape index (κ1) is 15.3. The fraction of sp³-hybridized carbons (Fsp3) is 0.600. The highest BCUT2D eigenvalue weighted by molar-refractivity contribution is 6.63. The third-order valence-electron chi connectivity index (χ3n) is 3.94. The second-order valence-corrected chi connectivity index (χ2v) is 6.12. The summed E-state index contributed by atoms with van der Waals surface area (Å²) in [5.74, 6) is 0.168. The zero-order valence-corrected chi connectivity index (χ0v) is 12.8. The van der Waals surface area contributed by atoms with Gasteiger partial charge in [0.2, 0.25) is 0 Å². The highest BCUT2D eigenvalue weighted by atomic mass is 19.1. The largest absolute Gasteiger partial charge is 0.498 e. The second kappa shape index (κ2) is 5.37. The molecule has 0 spiro atoms. The molecule has 0 unspecified atom stereocenters. The van der Waals surface area contributed by atoms with Crippen LogP contribution in [0.5, 0.6) is 5.75 Å². The van der Waals surface area contributed by atoms with E-state index in [0.717, 1.165) is 11.9 Å². The molecule has 0 N–H and O–H groups in total. The van der Waals surface area contributed by atoms with Crippen LogP contribution in [0.15, 0.2) is 18.2 Å². The van der Waals surface area contributed by atoms with Crippen molar-refractivity contribution in [3.63, 3.8) is 0 Å². The minimum atomic E-state index is -0.535. The van der Waals surface area contributed by atoms with E-state index in [1.54, 1.807) is 6.07 Å². The van der Waals surface area contributed by atoms with Gasteiger partial charge in [-0.05, 0) is 40.2 Å². The molecule has 1 aromatic rings. The number of ether oxygens (including phenoxy) is 1. The monoisotopic (exact) mass is 280 g/mol. The van der Waals surface area contributed by atoms with E-state index in [9.17, 15) is 4.39 Å². The summed E-state index contributed by atoms with van der Waals surface area (Å²) in [5.41, 5.74) is -0.110. The summed E-state index contributed by atoms with van der Waals surface area (Å²) in [5, 5.41) is 0. The Morgan fingerprint density at radius 3 is 2.30 bits per heavy atom. The molecule has 0 aliphatic carbocycles. The summed E-state index contributed by atoms with van der Waals surface area (Å²) in [6, 6.07) is 4.46. The van der Waals surface area contributed by atoms with Crippen LogP contribution in [-0.4, -0.2) is 24.9 Å². The summed E-state index contributed by atoms with van der Waals surface area (Å²) >= 11 is 0. The molecule has 1 heterocycles. The van der Waals surface area contributed by atoms with Crippen LogP contribution in [0.2, 0.25) is 0 Å². The molecular formula is C15H22BFO3. The highest BCUT2D eigenvalue weighted by Crippen LogP contribution is 2.37. The first-order valence-electron chi connectivity index (χ1n) is 7.05. The summed E-state index contributed by atoms with van der Waals surface area (Å²) < 4.78 is 31.0. The van der Waals surface area contributed by atoms with Crippen molar-refractivity contribution in [2.45, 2.75) is 52.2 Å². The molecule has 1 saturated heterocycles. The van der Waals surface area contributed by atoms with E-state index in [1.165, 1.54) is 12.1 Å². The van der Waals surface area contributed by atoms with Crippen LogP contribution in [0.1, 0.15) is 41.0 Å². The maximum atomic E-state index is 13.4. The zero-order chi connectivity index (χ0) is 15.0. The summed E-state index contributed by atoms with van der Waals surface area (Å²) in [6.45, 7) is 10.5. The first-order valence-corrected chi connectivity index (χ1v) is 7.05. The standard InChI is InChI=1S/C15H22BFO3/c1-6-9-18-13-10-11(17)7-8-12(13)16-19-14(2,3)15(4,5)20-16/h7-8,10H,6,9H2,1-5H3. The predicted molar refractivity (Wildman–Crippen MR) is 77.9 cm³/mol. The van der Waals surface area contributed by atoms with Crippen molar-refractivity contribution >= 4 is 12.6 Å². The lowest BCUT2D eigenvalue weighted by Gasteiger charge is -2.32. The Morgan fingerprint density at radius 1 is 1.15 bits per heavy atom. The Balaban J connectivity index is 2.29. The van der Waals surface area contributed by atoms with Crippen LogP contribution in [0.4, 0.5) is 4.39 Å². The van der Waals surface area contributed by atoms with Gasteiger partial charge in [0.1, 0.15) is 11.6 Å². The van der Waals surface area contributed by atoms with Crippen molar-refractivity contribution in [2.24, 2.45) is 0 Å². The molecule has 110 valence electrons. The van der Waals surface area contributed by atoms with Crippen molar-refractivity contribution in [3.05, 3.63) is 24.0 Å². The maximum absolute atomic E-state index is 13.4. The Labute approximate surface area is 120 Å². The lowest BCUT2D eigenvalue weighted by atomic mass is 9.78. The van der Waals surface area contributed by atoms with Gasteiger partial charge in [-0.1, -0.05) is 13.0 Å². The Morgan fingerprint density at radius 2 is 1.75 bits per heavy atom. The molecule has 0 bridgehead atoms. The lowest BCUT2D eigenvalue weighted by molar-refractivity contribution is 0.00578. The van der Waals surface area contributed by atoms with E-state index in [1.807, 2.05) is 34.6 Å². The van der Waals surface area contributed by atoms with Crippen LogP contribution in [0, 0.1) is 5.82 Å². The quantitative estimate of drug-likeness (QED) is 0.794. The Bertz CT molecular complexity index is 472. The summed E-state index contributed by atoms with van der Waals surface area (Å²) in [7, 11) is -0.535. The molecule has 1 aliphatic heterocycles. The minimum Gasteiger partial charge on any atom is -0.494 e. The van der Waals surface area contributed by atoms with Crippen LogP contribution in [0.3, 0.4) is 0 Å². The van der Waals surface area contributed by atoms with E-state index in [0.29, 0.717) is 12.4 Å². The van der Waals surface area contributed by atoms with Crippen LogP contribution in [-0.2, 0) is 9.31 Å². The van der Waals surface area contributed by atoms with Gasteiger partial charge in [0, 0.05) is 11.5 Å². The molecule has 1 aliphatic rings. The summed E-state index contributed by atoms with van der Waals surface area (Å²) in [4.78, 5) is 0. The second-order valence-electron chi connectivity index (χ2n) is 6.12. The molecule has 1 aromatic carbocycles. The van der Waals surface area contributed by atoms with Gasteiger partial charge >= 0.3 is 7.12 Å². The fourth-order valence-corrected chi connectivity index (χ4v) is 2.01. The molecular weight excluding hydrogens is 258 g/mol. The normalized spacial score (nSPS) is 20.2. The summed E-state index contributed by atoms with van der Waals surface area (Å²) in [6.07, 6.45) is 0.860. The number of benzene rings is 1. The molecule has 3 nitrogen and oxygen atoms in total. The van der Waals surface area contributed by atoms with Crippen molar-refractivity contribution < 1.29 is 18.4 Å². The first-order chi connectivity index (χ1) is 9.27. The molecule has 20 heavy (non-hydrogen) atoms. The van der Waals surface area contributed by atoms with Gasteiger partial charge in [-0.15, -0.1) is 0 Å². The fourth-order valence-electron chi connectivity index (χ4n) is 2.01. The Kier molecular flexibility index (Phi) is 4.12. The molecule has 0 amide bonds. The molecule has 2 rings (SSSR count). The van der Waals surface area contributed by atoms with Gasteiger partial charge in [0.25, 0.3) is 0 Å². The van der Waals surface area contributed by atoms with Crippen molar-refractivity contribution in [3.8, 4) is 5.75 Å². The number of hydrogen-bond acceptors (Lipinski definition) is 3. The molecule has 0 radical (unpaired) electrons. The Hall–Kier alpha value is -1.07. The smallest absolute Gasteiger partial charge is 0.494 e. The molecule has 0 saturated carbocycles. The van der Waals surface area contributed by atoms with E-state index < -0.39 is 18.3 Å². The SMILES string of the molecule is CCCOc1cc(F)ccc1B1OC(C)(C)C(C)(C)O1. The van der Waals surface area contributed by atoms with Crippen molar-refractivity contribution in [2.75, 3.05) is 6.61 Å². The number of halogens is 1. The van der Waals surface area contributed by atoms with Gasteiger partial charge < -0.3 is 14.0 Å². The van der Waals surface area contributed by atoms with Gasteiger partial charge in [-0.3, -0.25) is 0 Å². The molecule has 0 aromatic heterocycles. The molecule has 1 fully saturated rings. The third kappa shape index (κ3) is 2.84. The van der Waals surface area contributed by atoms with E-state index in [-0.39, 0.29) is 5.82 Å².